The number of rotatable bonds is 5. The van der Waals surface area contributed by atoms with Crippen LogP contribution in [0.5, 0.6) is 0 Å². The Labute approximate surface area is 93.2 Å². The number of nitrogens with zero attached hydrogens (tertiary/aromatic N) is 1. The van der Waals surface area contributed by atoms with Crippen molar-refractivity contribution in [3.63, 3.8) is 0 Å². The number of nitrogens with two attached hydrogens (primary N) is 1. The van der Waals surface area contributed by atoms with Crippen molar-refractivity contribution in [1.82, 2.24) is 5.32 Å². The lowest BCUT2D eigenvalue weighted by molar-refractivity contribution is -0.384. The number of nitrogen functional groups attached to an aromatic ring is 1. The summed E-state index contributed by atoms with van der Waals surface area (Å²) in [7, 11) is 0. The van der Waals surface area contributed by atoms with Crippen LogP contribution >= 0.6 is 0 Å². The maximum absolute atomic E-state index is 10.7. The van der Waals surface area contributed by atoms with Gasteiger partial charge in [0.1, 0.15) is 5.69 Å². The quantitative estimate of drug-likeness (QED) is 0.294. The zero-order valence-corrected chi connectivity index (χ0v) is 9.06. The number of nitro groups is 1. The molecule has 1 aromatic carbocycles. The van der Waals surface area contributed by atoms with Gasteiger partial charge in [-0.05, 0) is 24.1 Å². The minimum atomic E-state index is -0.496. The highest BCUT2D eigenvalue weighted by Crippen LogP contribution is 2.25. The Morgan fingerprint density at radius 3 is 2.81 bits per heavy atom. The number of benzene rings is 1. The summed E-state index contributed by atoms with van der Waals surface area (Å²) in [5.41, 5.74) is 7.35. The van der Waals surface area contributed by atoms with Gasteiger partial charge in [0.05, 0.1) is 11.5 Å². The van der Waals surface area contributed by atoms with Gasteiger partial charge in [-0.2, -0.15) is 0 Å². The molecular weight excluding hydrogens is 210 g/mol. The summed E-state index contributed by atoms with van der Waals surface area (Å²) in [5.74, 6) is 0. The van der Waals surface area contributed by atoms with E-state index in [1.54, 1.807) is 6.07 Å². The van der Waals surface area contributed by atoms with Gasteiger partial charge in [-0.3, -0.25) is 10.1 Å². The Balaban J connectivity index is 2.91. The number of anilines is 1. The second-order valence-electron chi connectivity index (χ2n) is 3.50. The standard InChI is InChI=1S/C10H15N3O3/c1-7-4-9(11)10(13(15)16)5-8(7)6-12-2-3-14/h4-5,12,14H,2-3,6,11H2,1H3. The van der Waals surface area contributed by atoms with Crippen LogP contribution < -0.4 is 11.1 Å². The lowest BCUT2D eigenvalue weighted by Crippen LogP contribution is -2.18. The number of nitro benzene ring substituents is 1. The van der Waals surface area contributed by atoms with E-state index < -0.39 is 4.92 Å². The highest BCUT2D eigenvalue weighted by Gasteiger charge is 2.13. The molecule has 88 valence electrons. The summed E-state index contributed by atoms with van der Waals surface area (Å²) < 4.78 is 0. The molecule has 4 N–H and O–H groups in total. The summed E-state index contributed by atoms with van der Waals surface area (Å²) in [5, 5.41) is 22.3. The first-order valence-electron chi connectivity index (χ1n) is 4.91. The van der Waals surface area contributed by atoms with Gasteiger partial charge in [-0.15, -0.1) is 0 Å². The first-order chi connectivity index (χ1) is 7.56. The fourth-order valence-electron chi connectivity index (χ4n) is 1.41. The number of nitrogens with one attached hydrogen (secondary N) is 1. The molecule has 0 bridgehead atoms. The second-order valence-corrected chi connectivity index (χ2v) is 3.50. The van der Waals surface area contributed by atoms with Gasteiger partial charge in [0.25, 0.3) is 5.69 Å². The third-order valence-corrected chi connectivity index (χ3v) is 2.29. The van der Waals surface area contributed by atoms with E-state index in [0.717, 1.165) is 11.1 Å². The fraction of sp³-hybridized carbons (Fsp3) is 0.400. The lowest BCUT2D eigenvalue weighted by atomic mass is 10.1. The molecule has 0 unspecified atom stereocenters. The van der Waals surface area contributed by atoms with Crippen molar-refractivity contribution in [2.75, 3.05) is 18.9 Å². The average Bonchev–Trinajstić information content (AvgIpc) is 2.21. The maximum Gasteiger partial charge on any atom is 0.292 e. The molecule has 0 saturated heterocycles. The largest absolute Gasteiger partial charge is 0.395 e. The predicted octanol–water partition coefficient (Wildman–Crippen LogP) is 0.567. The van der Waals surface area contributed by atoms with E-state index in [1.165, 1.54) is 6.07 Å². The maximum atomic E-state index is 10.7. The molecule has 0 atom stereocenters. The third-order valence-electron chi connectivity index (χ3n) is 2.29. The van der Waals surface area contributed by atoms with Crippen LogP contribution in [-0.4, -0.2) is 23.2 Å². The van der Waals surface area contributed by atoms with Crippen LogP contribution in [-0.2, 0) is 6.54 Å². The van der Waals surface area contributed by atoms with Crippen molar-refractivity contribution >= 4 is 11.4 Å². The molecule has 0 spiro atoms. The van der Waals surface area contributed by atoms with Crippen LogP contribution in [0, 0.1) is 17.0 Å². The Bertz CT molecular complexity index is 393. The van der Waals surface area contributed by atoms with E-state index in [4.69, 9.17) is 10.8 Å². The van der Waals surface area contributed by atoms with E-state index in [2.05, 4.69) is 5.32 Å². The molecule has 6 nitrogen and oxygen atoms in total. The van der Waals surface area contributed by atoms with E-state index in [-0.39, 0.29) is 18.0 Å². The van der Waals surface area contributed by atoms with Gasteiger partial charge in [-0.25, -0.2) is 0 Å². The molecular formula is C10H15N3O3. The van der Waals surface area contributed by atoms with Gasteiger partial charge in [0.2, 0.25) is 0 Å². The van der Waals surface area contributed by atoms with Crippen molar-refractivity contribution in [3.05, 3.63) is 33.4 Å². The molecule has 0 fully saturated rings. The molecule has 0 saturated carbocycles. The molecule has 6 heteroatoms. The molecule has 1 rings (SSSR count). The van der Waals surface area contributed by atoms with Crippen molar-refractivity contribution < 1.29 is 10.0 Å². The zero-order valence-electron chi connectivity index (χ0n) is 9.06. The van der Waals surface area contributed by atoms with E-state index in [0.29, 0.717) is 13.1 Å². The van der Waals surface area contributed by atoms with Crippen molar-refractivity contribution in [2.24, 2.45) is 0 Å². The number of hydrogen-bond acceptors (Lipinski definition) is 5. The van der Waals surface area contributed by atoms with Crippen LogP contribution in [0.1, 0.15) is 11.1 Å². The number of aryl methyl sites for hydroxylation is 1. The SMILES string of the molecule is Cc1cc(N)c([N+](=O)[O-])cc1CNCCO. The van der Waals surface area contributed by atoms with Crippen LogP contribution in [0.2, 0.25) is 0 Å². The van der Waals surface area contributed by atoms with Gasteiger partial charge < -0.3 is 16.2 Å². The molecule has 0 aliphatic carbocycles. The van der Waals surface area contributed by atoms with Gasteiger partial charge >= 0.3 is 0 Å². The first kappa shape index (κ1) is 12.4. The third kappa shape index (κ3) is 2.91. The number of hydrogen-bond donors (Lipinski definition) is 3. The minimum absolute atomic E-state index is 0.0378. The summed E-state index contributed by atoms with van der Waals surface area (Å²) in [6.07, 6.45) is 0. The van der Waals surface area contributed by atoms with Crippen molar-refractivity contribution in [2.45, 2.75) is 13.5 Å². The minimum Gasteiger partial charge on any atom is -0.395 e. The Morgan fingerprint density at radius 1 is 1.56 bits per heavy atom. The van der Waals surface area contributed by atoms with Crippen LogP contribution in [0.15, 0.2) is 12.1 Å². The highest BCUT2D eigenvalue weighted by atomic mass is 16.6. The van der Waals surface area contributed by atoms with Gasteiger partial charge in [0.15, 0.2) is 0 Å². The Kier molecular flexibility index (Phi) is 4.21. The molecule has 0 aliphatic heterocycles. The first-order valence-corrected chi connectivity index (χ1v) is 4.91. The molecule has 0 heterocycles. The number of aliphatic hydroxyl groups excluding tert-OH is 1. The second kappa shape index (κ2) is 5.43. The topological polar surface area (TPSA) is 101 Å². The molecule has 0 radical (unpaired) electrons. The zero-order chi connectivity index (χ0) is 12.1. The van der Waals surface area contributed by atoms with Crippen molar-refractivity contribution in [3.8, 4) is 0 Å². The summed E-state index contributed by atoms with van der Waals surface area (Å²) in [6, 6.07) is 3.06. The van der Waals surface area contributed by atoms with Gasteiger partial charge in [0, 0.05) is 19.2 Å². The average molecular weight is 225 g/mol. The summed E-state index contributed by atoms with van der Waals surface area (Å²) in [4.78, 5) is 10.2. The highest BCUT2D eigenvalue weighted by molar-refractivity contribution is 5.61. The van der Waals surface area contributed by atoms with E-state index in [9.17, 15) is 10.1 Å². The van der Waals surface area contributed by atoms with Crippen LogP contribution in [0.3, 0.4) is 0 Å². The Morgan fingerprint density at radius 2 is 2.25 bits per heavy atom. The number of aliphatic hydroxyl groups is 1. The van der Waals surface area contributed by atoms with E-state index >= 15 is 0 Å². The molecule has 1 aromatic rings. The smallest absolute Gasteiger partial charge is 0.292 e. The van der Waals surface area contributed by atoms with Crippen LogP contribution in [0.25, 0.3) is 0 Å². The van der Waals surface area contributed by atoms with Gasteiger partial charge in [-0.1, -0.05) is 0 Å². The monoisotopic (exact) mass is 225 g/mol. The van der Waals surface area contributed by atoms with Crippen LogP contribution in [0.4, 0.5) is 11.4 Å². The molecule has 0 amide bonds. The summed E-state index contributed by atoms with van der Waals surface area (Å²) >= 11 is 0. The van der Waals surface area contributed by atoms with Crippen molar-refractivity contribution in [1.29, 1.82) is 0 Å². The predicted molar refractivity (Wildman–Crippen MR) is 61.0 cm³/mol. The summed E-state index contributed by atoms with van der Waals surface area (Å²) in [6.45, 7) is 2.82. The fourth-order valence-corrected chi connectivity index (χ4v) is 1.41. The Hall–Kier alpha value is -1.66. The molecule has 0 aliphatic rings. The lowest BCUT2D eigenvalue weighted by Gasteiger charge is -2.08. The molecule has 16 heavy (non-hydrogen) atoms. The normalized spacial score (nSPS) is 10.4. The van der Waals surface area contributed by atoms with E-state index in [1.807, 2.05) is 6.92 Å². The molecule has 0 aromatic heterocycles.